The molecule has 3 unspecified atom stereocenters. The van der Waals surface area contributed by atoms with Gasteiger partial charge in [0, 0.05) is 12.3 Å². The maximum Gasteiger partial charge on any atom is 0.330 e. The van der Waals surface area contributed by atoms with Crippen molar-refractivity contribution in [3.8, 4) is 0 Å². The Balaban J connectivity index is 2.52. The van der Waals surface area contributed by atoms with Crippen LogP contribution in [0.15, 0.2) is 21.9 Å². The van der Waals surface area contributed by atoms with Crippen molar-refractivity contribution in [3.05, 3.63) is 33.1 Å². The van der Waals surface area contributed by atoms with Crippen molar-refractivity contribution in [1.82, 2.24) is 9.55 Å². The van der Waals surface area contributed by atoms with Crippen LogP contribution in [0.5, 0.6) is 0 Å². The monoisotopic (exact) mass is 244 g/mol. The van der Waals surface area contributed by atoms with Gasteiger partial charge in [0.15, 0.2) is 11.8 Å². The fourth-order valence-corrected chi connectivity index (χ4v) is 1.61. The summed E-state index contributed by atoms with van der Waals surface area (Å²) >= 11 is 0. The first kappa shape index (κ1) is 11.7. The third-order valence-corrected chi connectivity index (χ3v) is 2.54. The summed E-state index contributed by atoms with van der Waals surface area (Å²) in [5, 5.41) is 9.77. The molecule has 1 aromatic rings. The summed E-state index contributed by atoms with van der Waals surface area (Å²) < 4.78 is 18.4. The van der Waals surface area contributed by atoms with Crippen LogP contribution < -0.4 is 11.2 Å². The van der Waals surface area contributed by atoms with Gasteiger partial charge in [-0.1, -0.05) is 0 Å². The number of H-pyrrole nitrogens is 1. The number of Topliss-reactive ketones (excluding diaryl/α,β-unsaturated/α-hetero) is 1. The molecule has 0 spiro atoms. The van der Waals surface area contributed by atoms with Crippen LogP contribution in [0.2, 0.25) is 0 Å². The van der Waals surface area contributed by atoms with Gasteiger partial charge in [0.2, 0.25) is 5.78 Å². The Labute approximate surface area is 93.5 Å². The molecule has 0 bridgehead atoms. The second kappa shape index (κ2) is 3.60. The summed E-state index contributed by atoms with van der Waals surface area (Å²) in [6.07, 6.45) is -2.78. The lowest BCUT2D eigenvalue weighted by atomic mass is 10.0. The average Bonchev–Trinajstić information content (AvgIpc) is 2.43. The van der Waals surface area contributed by atoms with E-state index in [1.807, 2.05) is 4.98 Å². The predicted octanol–water partition coefficient (Wildman–Crippen LogP) is -1.32. The highest BCUT2D eigenvalue weighted by atomic mass is 19.1. The number of ketones is 1. The Kier molecular flexibility index (Phi) is 2.48. The number of nitrogens with one attached hydrogen (secondary N) is 1. The first-order valence-electron chi connectivity index (χ1n) is 4.71. The van der Waals surface area contributed by atoms with Gasteiger partial charge in [-0.2, -0.15) is 0 Å². The number of aromatic nitrogens is 2. The normalized spacial score (nSPS) is 33.0. The summed E-state index contributed by atoms with van der Waals surface area (Å²) in [5.74, 6) is -1.17. The topological polar surface area (TPSA) is 101 Å². The minimum Gasteiger partial charge on any atom is -0.377 e. The number of hydrogen-bond acceptors (Lipinski definition) is 5. The summed E-state index contributed by atoms with van der Waals surface area (Å²) in [6.45, 7) is 1.04. The molecule has 17 heavy (non-hydrogen) atoms. The van der Waals surface area contributed by atoms with E-state index in [1.165, 1.54) is 0 Å². The fourth-order valence-electron chi connectivity index (χ4n) is 1.61. The molecule has 1 aliphatic rings. The summed E-state index contributed by atoms with van der Waals surface area (Å²) in [6, 6.07) is 0.997. The zero-order valence-corrected chi connectivity index (χ0v) is 8.71. The molecule has 1 fully saturated rings. The van der Waals surface area contributed by atoms with E-state index in [9.17, 15) is 23.9 Å². The molecule has 1 aromatic heterocycles. The van der Waals surface area contributed by atoms with Gasteiger partial charge in [0.1, 0.15) is 0 Å². The smallest absolute Gasteiger partial charge is 0.330 e. The maximum atomic E-state index is 13.0. The molecule has 2 heterocycles. The Morgan fingerprint density at radius 1 is 1.53 bits per heavy atom. The molecular weight excluding hydrogens is 235 g/mol. The lowest BCUT2D eigenvalue weighted by molar-refractivity contribution is -0.137. The van der Waals surface area contributed by atoms with E-state index in [2.05, 4.69) is 4.74 Å². The lowest BCUT2D eigenvalue weighted by Crippen LogP contribution is -2.43. The van der Waals surface area contributed by atoms with Crippen molar-refractivity contribution in [2.24, 2.45) is 0 Å². The molecule has 0 aromatic carbocycles. The Bertz CT molecular complexity index is 575. The van der Waals surface area contributed by atoms with Crippen molar-refractivity contribution in [1.29, 1.82) is 0 Å². The highest BCUT2D eigenvalue weighted by Crippen LogP contribution is 2.34. The van der Waals surface area contributed by atoms with Crippen molar-refractivity contribution >= 4 is 5.78 Å². The quantitative estimate of drug-likeness (QED) is 0.638. The van der Waals surface area contributed by atoms with Crippen LogP contribution in [-0.2, 0) is 9.53 Å². The molecule has 8 heteroatoms. The minimum absolute atomic E-state index is 0.646. The Morgan fingerprint density at radius 2 is 2.18 bits per heavy atom. The number of aliphatic hydroxyl groups is 1. The van der Waals surface area contributed by atoms with E-state index in [1.54, 1.807) is 0 Å². The van der Waals surface area contributed by atoms with Crippen molar-refractivity contribution in [3.63, 3.8) is 0 Å². The number of hydrogen-bond donors (Lipinski definition) is 2. The number of halogens is 1. The lowest BCUT2D eigenvalue weighted by Gasteiger charge is -2.22. The molecular formula is C9H9FN2O5. The van der Waals surface area contributed by atoms with Crippen LogP contribution in [0, 0.1) is 0 Å². The number of aromatic amines is 1. The standard InChI is InChI=1S/C9H9FN2O5/c1-9(16)5(14)6(10)17-7(9)12-3-2-4(13)11-8(12)15/h2-3,6-7,16H,1H3,(H,11,13,15). The van der Waals surface area contributed by atoms with E-state index in [0.717, 1.165) is 23.8 Å². The van der Waals surface area contributed by atoms with Crippen LogP contribution in [-0.4, -0.2) is 32.4 Å². The summed E-state index contributed by atoms with van der Waals surface area (Å²) in [5.41, 5.74) is -3.71. The third-order valence-electron chi connectivity index (χ3n) is 2.54. The number of rotatable bonds is 1. The van der Waals surface area contributed by atoms with E-state index in [4.69, 9.17) is 0 Å². The third kappa shape index (κ3) is 1.71. The number of ether oxygens (including phenoxy) is 1. The summed E-state index contributed by atoms with van der Waals surface area (Å²) in [4.78, 5) is 35.4. The predicted molar refractivity (Wildman–Crippen MR) is 52.0 cm³/mol. The van der Waals surface area contributed by atoms with Crippen molar-refractivity contribution in [2.45, 2.75) is 25.1 Å². The second-order valence-corrected chi connectivity index (χ2v) is 3.83. The molecule has 2 N–H and O–H groups in total. The van der Waals surface area contributed by atoms with E-state index in [0.29, 0.717) is 0 Å². The molecule has 3 atom stereocenters. The van der Waals surface area contributed by atoms with Gasteiger partial charge in [0.05, 0.1) is 0 Å². The van der Waals surface area contributed by atoms with Gasteiger partial charge in [-0.15, -0.1) is 0 Å². The molecule has 7 nitrogen and oxygen atoms in total. The van der Waals surface area contributed by atoms with Gasteiger partial charge < -0.3 is 9.84 Å². The molecule has 1 aliphatic heterocycles. The minimum atomic E-state index is -2.30. The zero-order chi connectivity index (χ0) is 12.8. The number of carbonyl (C=O) groups is 1. The van der Waals surface area contributed by atoms with E-state index < -0.39 is 35.2 Å². The molecule has 1 saturated heterocycles. The summed E-state index contributed by atoms with van der Waals surface area (Å²) in [7, 11) is 0. The SMILES string of the molecule is CC1(O)C(=O)C(F)OC1n1ccc(=O)[nH]c1=O. The molecule has 0 saturated carbocycles. The molecule has 2 rings (SSSR count). The maximum absolute atomic E-state index is 13.0. The number of alkyl halides is 1. The molecule has 0 aliphatic carbocycles. The number of nitrogens with zero attached hydrogens (tertiary/aromatic N) is 1. The van der Waals surface area contributed by atoms with Gasteiger partial charge in [0.25, 0.3) is 11.9 Å². The van der Waals surface area contributed by atoms with Gasteiger partial charge in [-0.05, 0) is 6.92 Å². The van der Waals surface area contributed by atoms with E-state index in [-0.39, 0.29) is 0 Å². The fraction of sp³-hybridized carbons (Fsp3) is 0.444. The van der Waals surface area contributed by atoms with E-state index >= 15 is 0 Å². The highest BCUT2D eigenvalue weighted by molar-refractivity contribution is 5.91. The molecule has 0 amide bonds. The average molecular weight is 244 g/mol. The van der Waals surface area contributed by atoms with Crippen molar-refractivity contribution in [2.75, 3.05) is 0 Å². The second-order valence-electron chi connectivity index (χ2n) is 3.83. The Hall–Kier alpha value is -1.80. The first-order valence-corrected chi connectivity index (χ1v) is 4.71. The highest BCUT2D eigenvalue weighted by Gasteiger charge is 2.54. The zero-order valence-electron chi connectivity index (χ0n) is 8.71. The van der Waals surface area contributed by atoms with Gasteiger partial charge >= 0.3 is 5.69 Å². The first-order chi connectivity index (χ1) is 7.84. The van der Waals surface area contributed by atoms with Gasteiger partial charge in [-0.25, -0.2) is 9.18 Å². The number of carbonyl (C=O) groups excluding carboxylic acids is 1. The van der Waals surface area contributed by atoms with Crippen LogP contribution in [0.1, 0.15) is 13.2 Å². The van der Waals surface area contributed by atoms with Gasteiger partial charge in [-0.3, -0.25) is 19.1 Å². The Morgan fingerprint density at radius 3 is 2.65 bits per heavy atom. The largest absolute Gasteiger partial charge is 0.377 e. The van der Waals surface area contributed by atoms with Crippen LogP contribution in [0.25, 0.3) is 0 Å². The van der Waals surface area contributed by atoms with Crippen LogP contribution >= 0.6 is 0 Å². The van der Waals surface area contributed by atoms with Crippen LogP contribution in [0.4, 0.5) is 4.39 Å². The molecule has 0 radical (unpaired) electrons. The molecule has 92 valence electrons. The van der Waals surface area contributed by atoms with Crippen molar-refractivity contribution < 1.29 is 19.0 Å². The van der Waals surface area contributed by atoms with Crippen LogP contribution in [0.3, 0.4) is 0 Å².